The van der Waals surface area contributed by atoms with Crippen LogP contribution >= 0.6 is 23.2 Å². The smallest absolute Gasteiger partial charge is 0.268 e. The van der Waals surface area contributed by atoms with Gasteiger partial charge in [0.2, 0.25) is 5.91 Å². The van der Waals surface area contributed by atoms with Crippen LogP contribution in [0, 0.1) is 0 Å². The molecule has 0 saturated carbocycles. The molecule has 1 amide bonds. The second-order valence-electron chi connectivity index (χ2n) is 2.18. The first kappa shape index (κ1) is 13.7. The number of hydrogen-bond acceptors (Lipinski definition) is 3. The Morgan fingerprint density at radius 1 is 1.36 bits per heavy atom. The van der Waals surface area contributed by atoms with E-state index in [1.165, 1.54) is 5.32 Å². The third kappa shape index (κ3) is 3.45. The number of nitrogens with zero attached hydrogens (tertiary/aromatic N) is 2. The summed E-state index contributed by atoms with van der Waals surface area (Å²) in [5.74, 6) is -0.983. The lowest BCUT2D eigenvalue weighted by Gasteiger charge is -2.28. The Morgan fingerprint density at radius 2 is 1.79 bits per heavy atom. The molecule has 0 aliphatic rings. The summed E-state index contributed by atoms with van der Waals surface area (Å²) in [4.78, 5) is 10.4. The highest BCUT2D eigenvalue weighted by Crippen LogP contribution is 2.33. The van der Waals surface area contributed by atoms with Gasteiger partial charge in [0, 0.05) is 12.3 Å². The Kier molecular flexibility index (Phi) is 4.85. The molecule has 0 radical (unpaired) electrons. The van der Waals surface area contributed by atoms with Gasteiger partial charge in [-0.2, -0.15) is 0 Å². The second kappa shape index (κ2) is 4.96. The van der Waals surface area contributed by atoms with E-state index in [4.69, 9.17) is 23.2 Å². The molecule has 0 rings (SSSR count). The van der Waals surface area contributed by atoms with Gasteiger partial charge in [0.05, 0.1) is 5.34 Å². The van der Waals surface area contributed by atoms with Crippen molar-refractivity contribution in [2.24, 2.45) is 0 Å². The van der Waals surface area contributed by atoms with E-state index in [0.29, 0.717) is 0 Å². The van der Waals surface area contributed by atoms with Gasteiger partial charge in [0.1, 0.15) is 0 Å². The maximum absolute atomic E-state index is 12.0. The molecule has 0 aliphatic heterocycles. The quantitative estimate of drug-likeness (QED) is 0.274. The van der Waals surface area contributed by atoms with Crippen LogP contribution in [0.3, 0.4) is 0 Å². The molecule has 0 fully saturated rings. The number of carbonyl (C=O) groups is 1. The van der Waals surface area contributed by atoms with Crippen molar-refractivity contribution in [3.05, 3.63) is 0 Å². The summed E-state index contributed by atoms with van der Waals surface area (Å²) < 4.78 is 44.6. The topological polar surface area (TPSA) is 35.6 Å². The van der Waals surface area contributed by atoms with E-state index in [1.807, 2.05) is 0 Å². The first-order valence-corrected chi connectivity index (χ1v) is 3.82. The predicted octanol–water partition coefficient (Wildman–Crippen LogP) is 1.72. The highest BCUT2D eigenvalue weighted by Gasteiger charge is 2.48. The minimum Gasteiger partial charge on any atom is -0.332 e. The SMILES string of the molecule is CC(=O)NC(N(F)F)C(Cl)(Cl)N(F)F. The molecule has 84 valence electrons. The van der Waals surface area contributed by atoms with Crippen LogP contribution in [-0.4, -0.2) is 27.2 Å². The zero-order valence-electron chi connectivity index (χ0n) is 6.65. The average Bonchev–Trinajstić information content (AvgIpc) is 1.98. The molecule has 0 bridgehead atoms. The molecule has 1 N–H and O–H groups in total. The number of nitrogens with one attached hydrogen (secondary N) is 1. The van der Waals surface area contributed by atoms with Crippen molar-refractivity contribution in [1.82, 2.24) is 16.0 Å². The maximum Gasteiger partial charge on any atom is 0.268 e. The summed E-state index contributed by atoms with van der Waals surface area (Å²) in [5, 5.41) is -2.12. The molecule has 0 aliphatic carbocycles. The summed E-state index contributed by atoms with van der Waals surface area (Å²) in [6, 6.07) is 0. The van der Waals surface area contributed by atoms with Gasteiger partial charge in [-0.05, 0) is 0 Å². The van der Waals surface area contributed by atoms with Gasteiger partial charge in [0.25, 0.3) is 4.46 Å². The van der Waals surface area contributed by atoms with Crippen LogP contribution in [-0.2, 0) is 4.79 Å². The van der Waals surface area contributed by atoms with Gasteiger partial charge in [-0.1, -0.05) is 41.1 Å². The number of halogens is 6. The number of amides is 1. The second-order valence-corrected chi connectivity index (χ2v) is 3.53. The molecular formula is C4H5Cl2F4N3O. The monoisotopic (exact) mass is 257 g/mol. The Morgan fingerprint density at radius 3 is 2.00 bits per heavy atom. The van der Waals surface area contributed by atoms with Gasteiger partial charge in [-0.3, -0.25) is 4.79 Å². The van der Waals surface area contributed by atoms with Gasteiger partial charge >= 0.3 is 0 Å². The standard InChI is InChI=1S/C4H5Cl2F4N3O/c1-2(14)11-3(12(7)8)4(5,6)13(9)10/h3H,1H3,(H,11,14). The first-order valence-electron chi connectivity index (χ1n) is 3.07. The fourth-order valence-corrected chi connectivity index (χ4v) is 0.795. The summed E-state index contributed by atoms with van der Waals surface area (Å²) >= 11 is 9.76. The van der Waals surface area contributed by atoms with Crippen molar-refractivity contribution in [3.8, 4) is 0 Å². The van der Waals surface area contributed by atoms with Crippen LogP contribution in [0.5, 0.6) is 0 Å². The zero-order chi connectivity index (χ0) is 11.5. The molecule has 0 spiro atoms. The lowest BCUT2D eigenvalue weighted by molar-refractivity contribution is -0.256. The summed E-state index contributed by atoms with van der Waals surface area (Å²) in [7, 11) is 0. The van der Waals surface area contributed by atoms with Crippen LogP contribution in [0.2, 0.25) is 0 Å². The van der Waals surface area contributed by atoms with Crippen LogP contribution in [0.25, 0.3) is 0 Å². The predicted molar refractivity (Wildman–Crippen MR) is 40.2 cm³/mol. The van der Waals surface area contributed by atoms with E-state index in [9.17, 15) is 22.7 Å². The number of alkyl halides is 2. The summed E-state index contributed by atoms with van der Waals surface area (Å²) in [6.07, 6.45) is -2.54. The Labute approximate surface area is 86.1 Å². The van der Waals surface area contributed by atoms with E-state index in [1.54, 1.807) is 0 Å². The third-order valence-electron chi connectivity index (χ3n) is 1.09. The maximum atomic E-state index is 12.0. The van der Waals surface area contributed by atoms with Crippen LogP contribution < -0.4 is 5.32 Å². The molecule has 0 heterocycles. The molecule has 0 aromatic carbocycles. The van der Waals surface area contributed by atoms with Crippen LogP contribution in [0.15, 0.2) is 0 Å². The normalized spacial score (nSPS) is 14.6. The van der Waals surface area contributed by atoms with Crippen molar-refractivity contribution in [2.75, 3.05) is 0 Å². The van der Waals surface area contributed by atoms with E-state index in [-0.39, 0.29) is 0 Å². The first-order chi connectivity index (χ1) is 6.19. The molecule has 0 aromatic rings. The molecule has 1 atom stereocenters. The van der Waals surface area contributed by atoms with Crippen molar-refractivity contribution in [3.63, 3.8) is 0 Å². The number of hydrogen-bond donors (Lipinski definition) is 1. The minimum atomic E-state index is -3.24. The average molecular weight is 258 g/mol. The fraction of sp³-hybridized carbons (Fsp3) is 0.750. The molecule has 1 unspecified atom stereocenters. The van der Waals surface area contributed by atoms with Crippen LogP contribution in [0.1, 0.15) is 6.92 Å². The Bertz CT molecular complexity index is 215. The molecule has 0 saturated heterocycles. The lowest BCUT2D eigenvalue weighted by atomic mass is 10.4. The summed E-state index contributed by atoms with van der Waals surface area (Å²) in [6.45, 7) is 0.848. The molecule has 0 aromatic heterocycles. The highest BCUT2D eigenvalue weighted by molar-refractivity contribution is 6.48. The van der Waals surface area contributed by atoms with Crippen molar-refractivity contribution in [2.45, 2.75) is 17.5 Å². The highest BCUT2D eigenvalue weighted by atomic mass is 35.5. The Balaban J connectivity index is 4.72. The van der Waals surface area contributed by atoms with E-state index >= 15 is 0 Å². The van der Waals surface area contributed by atoms with Gasteiger partial charge in [-0.25, -0.2) is 0 Å². The molecule has 10 heteroatoms. The van der Waals surface area contributed by atoms with Crippen molar-refractivity contribution >= 4 is 29.1 Å². The molecule has 4 nitrogen and oxygen atoms in total. The van der Waals surface area contributed by atoms with E-state index in [2.05, 4.69) is 0 Å². The van der Waals surface area contributed by atoms with Crippen molar-refractivity contribution in [1.29, 1.82) is 0 Å². The van der Waals surface area contributed by atoms with Crippen LogP contribution in [0.4, 0.5) is 17.9 Å². The largest absolute Gasteiger partial charge is 0.332 e. The van der Waals surface area contributed by atoms with Gasteiger partial charge in [-0.15, -0.1) is 0 Å². The van der Waals surface area contributed by atoms with E-state index in [0.717, 1.165) is 6.92 Å². The third-order valence-corrected chi connectivity index (χ3v) is 1.76. The van der Waals surface area contributed by atoms with E-state index < -0.39 is 27.2 Å². The Hall–Kier alpha value is -0.310. The number of rotatable bonds is 4. The molecule has 14 heavy (non-hydrogen) atoms. The van der Waals surface area contributed by atoms with Gasteiger partial charge in [0.15, 0.2) is 6.17 Å². The summed E-state index contributed by atoms with van der Waals surface area (Å²) in [5.41, 5.74) is 0. The molecular weight excluding hydrogens is 253 g/mol. The lowest BCUT2D eigenvalue weighted by Crippen LogP contribution is -2.55. The minimum absolute atomic E-state index is 0.848. The van der Waals surface area contributed by atoms with Crippen molar-refractivity contribution < 1.29 is 22.7 Å². The van der Waals surface area contributed by atoms with Gasteiger partial charge < -0.3 is 5.32 Å². The number of carbonyl (C=O) groups excluding carboxylic acids is 1. The zero-order valence-corrected chi connectivity index (χ0v) is 8.16. The fourth-order valence-electron chi connectivity index (χ4n) is 0.538.